The standard InChI is InChI=1S/C7H4N6S.C6H4BrN5S/c1-9-5-3-10-6(14-5)4-2-11-7(8)13-12-4;7-4-2-9-5(13-4)3-1-10-6(8)12-11-3/h2-3H,(H2,8,11,13);1-2H,(H2,8,10,12). The van der Waals surface area contributed by atoms with Crippen molar-refractivity contribution in [3.05, 3.63) is 40.0 Å². The highest BCUT2D eigenvalue weighted by Gasteiger charge is 2.06. The molecule has 0 saturated heterocycles. The van der Waals surface area contributed by atoms with E-state index in [1.54, 1.807) is 12.4 Å². The van der Waals surface area contributed by atoms with Crippen LogP contribution >= 0.6 is 38.6 Å². The van der Waals surface area contributed by atoms with Crippen LogP contribution < -0.4 is 11.5 Å². The maximum absolute atomic E-state index is 6.78. The normalized spacial score (nSPS) is 9.93. The summed E-state index contributed by atoms with van der Waals surface area (Å²) in [6.07, 6.45) is 6.23. The summed E-state index contributed by atoms with van der Waals surface area (Å²) >= 11 is 6.02. The molecule has 0 aliphatic rings. The quantitative estimate of drug-likeness (QED) is 0.424. The SMILES string of the molecule is Nc1ncc(-c2ncc(Br)s2)nn1.[C-]#[N+]c1cnc(-c2cnc(N)nn2)s1. The van der Waals surface area contributed by atoms with Gasteiger partial charge in [0.1, 0.15) is 21.4 Å². The molecule has 0 fully saturated rings. The molecular formula is C13H8BrN11S2. The summed E-state index contributed by atoms with van der Waals surface area (Å²) in [5.74, 6) is 0.287. The molecule has 27 heavy (non-hydrogen) atoms. The molecule has 14 heteroatoms. The highest BCUT2D eigenvalue weighted by molar-refractivity contribution is 9.11. The Balaban J connectivity index is 0.000000156. The number of nitrogens with zero attached hydrogens (tertiary/aromatic N) is 9. The molecule has 134 valence electrons. The summed E-state index contributed by atoms with van der Waals surface area (Å²) in [6.45, 7) is 6.78. The van der Waals surface area contributed by atoms with Crippen molar-refractivity contribution in [2.24, 2.45) is 0 Å². The summed E-state index contributed by atoms with van der Waals surface area (Å²) in [4.78, 5) is 19.0. The molecule has 0 bridgehead atoms. The molecule has 4 heterocycles. The van der Waals surface area contributed by atoms with Gasteiger partial charge in [-0.2, -0.15) is 0 Å². The third-order valence-electron chi connectivity index (χ3n) is 2.68. The average Bonchev–Trinajstić information content (AvgIpc) is 3.33. The fourth-order valence-electron chi connectivity index (χ4n) is 1.57. The number of halogens is 1. The predicted molar refractivity (Wildman–Crippen MR) is 105 cm³/mol. The molecule has 0 saturated carbocycles. The van der Waals surface area contributed by atoms with E-state index in [-0.39, 0.29) is 11.9 Å². The summed E-state index contributed by atoms with van der Waals surface area (Å²) in [5.41, 5.74) is 11.7. The number of hydrogen-bond acceptors (Lipinski definition) is 12. The van der Waals surface area contributed by atoms with Gasteiger partial charge in [-0.05, 0) is 15.9 Å². The lowest BCUT2D eigenvalue weighted by Crippen LogP contribution is -1.97. The van der Waals surface area contributed by atoms with E-state index >= 15 is 0 Å². The third kappa shape index (κ3) is 4.94. The van der Waals surface area contributed by atoms with Crippen molar-refractivity contribution < 1.29 is 0 Å². The van der Waals surface area contributed by atoms with Crippen LogP contribution in [0.25, 0.3) is 26.2 Å². The van der Waals surface area contributed by atoms with Gasteiger partial charge in [-0.3, -0.25) is 4.98 Å². The molecule has 4 rings (SSSR count). The van der Waals surface area contributed by atoms with Gasteiger partial charge < -0.3 is 11.5 Å². The van der Waals surface area contributed by atoms with E-state index in [9.17, 15) is 0 Å². The molecule has 0 amide bonds. The smallest absolute Gasteiger partial charge is 0.260 e. The monoisotopic (exact) mass is 461 g/mol. The Kier molecular flexibility index (Phi) is 5.86. The molecular weight excluding hydrogens is 454 g/mol. The van der Waals surface area contributed by atoms with Crippen molar-refractivity contribution in [1.29, 1.82) is 0 Å². The van der Waals surface area contributed by atoms with E-state index in [1.807, 2.05) is 0 Å². The van der Waals surface area contributed by atoms with Gasteiger partial charge in [0.05, 0.1) is 28.9 Å². The molecule has 0 aromatic carbocycles. The number of nitrogens with two attached hydrogens (primary N) is 2. The highest BCUT2D eigenvalue weighted by atomic mass is 79.9. The van der Waals surface area contributed by atoms with E-state index in [0.29, 0.717) is 21.4 Å². The van der Waals surface area contributed by atoms with Gasteiger partial charge in [0.25, 0.3) is 5.00 Å². The van der Waals surface area contributed by atoms with Gasteiger partial charge in [0, 0.05) is 6.20 Å². The van der Waals surface area contributed by atoms with E-state index in [2.05, 4.69) is 61.1 Å². The molecule has 4 aromatic heterocycles. The van der Waals surface area contributed by atoms with Crippen LogP contribution in [0, 0.1) is 6.57 Å². The van der Waals surface area contributed by atoms with Gasteiger partial charge in [-0.1, -0.05) is 0 Å². The minimum atomic E-state index is 0.121. The zero-order valence-electron chi connectivity index (χ0n) is 13.2. The van der Waals surface area contributed by atoms with Gasteiger partial charge >= 0.3 is 0 Å². The number of rotatable bonds is 2. The molecule has 0 atom stereocenters. The van der Waals surface area contributed by atoms with Crippen molar-refractivity contribution in [1.82, 2.24) is 40.3 Å². The lowest BCUT2D eigenvalue weighted by molar-refractivity contribution is 0.990. The van der Waals surface area contributed by atoms with Gasteiger partial charge in [-0.25, -0.2) is 19.8 Å². The zero-order chi connectivity index (χ0) is 19.2. The summed E-state index contributed by atoms with van der Waals surface area (Å²) in [5, 5.41) is 16.8. The lowest BCUT2D eigenvalue weighted by Gasteiger charge is -1.92. The van der Waals surface area contributed by atoms with Gasteiger partial charge in [0.2, 0.25) is 11.9 Å². The number of nitrogen functional groups attached to an aromatic ring is 2. The topological polar surface area (TPSA) is 160 Å². The van der Waals surface area contributed by atoms with Gasteiger partial charge in [-0.15, -0.1) is 43.1 Å². The molecule has 0 unspecified atom stereocenters. The second kappa shape index (κ2) is 8.49. The minimum Gasteiger partial charge on any atom is -0.366 e. The molecule has 0 aliphatic heterocycles. The molecule has 0 aliphatic carbocycles. The Hall–Kier alpha value is -3.15. The first kappa shape index (κ1) is 18.6. The zero-order valence-corrected chi connectivity index (χ0v) is 16.4. The molecule has 4 N–H and O–H groups in total. The van der Waals surface area contributed by atoms with Crippen LogP contribution in [0.15, 0.2) is 28.6 Å². The Morgan fingerprint density at radius 2 is 1.33 bits per heavy atom. The molecule has 4 aromatic rings. The Labute approximate surface area is 168 Å². The third-order valence-corrected chi connectivity index (χ3v) is 5.09. The molecule has 0 spiro atoms. The van der Waals surface area contributed by atoms with Crippen molar-refractivity contribution in [3.8, 4) is 21.4 Å². The number of hydrogen-bond donors (Lipinski definition) is 2. The van der Waals surface area contributed by atoms with Crippen LogP contribution in [0.1, 0.15) is 0 Å². The number of thiazole rings is 2. The first-order valence-electron chi connectivity index (χ1n) is 6.91. The summed E-state index contributed by atoms with van der Waals surface area (Å²) < 4.78 is 0.945. The van der Waals surface area contributed by atoms with Crippen LogP contribution in [0.3, 0.4) is 0 Å². The summed E-state index contributed by atoms with van der Waals surface area (Å²) in [7, 11) is 0. The van der Waals surface area contributed by atoms with Crippen LogP contribution in [0.5, 0.6) is 0 Å². The first-order valence-corrected chi connectivity index (χ1v) is 9.33. The van der Waals surface area contributed by atoms with Crippen LogP contribution in [0.2, 0.25) is 0 Å². The Bertz CT molecular complexity index is 1070. The second-order valence-electron chi connectivity index (χ2n) is 4.49. The van der Waals surface area contributed by atoms with Gasteiger partial charge in [0.15, 0.2) is 0 Å². The van der Waals surface area contributed by atoms with Crippen LogP contribution in [-0.4, -0.2) is 40.3 Å². The van der Waals surface area contributed by atoms with Crippen molar-refractivity contribution in [2.75, 3.05) is 11.5 Å². The van der Waals surface area contributed by atoms with Crippen molar-refractivity contribution in [3.63, 3.8) is 0 Å². The second-order valence-corrected chi connectivity index (χ2v) is 7.91. The fraction of sp³-hybridized carbons (Fsp3) is 0. The molecule has 11 nitrogen and oxygen atoms in total. The minimum absolute atomic E-state index is 0.121. The van der Waals surface area contributed by atoms with E-state index in [0.717, 1.165) is 8.79 Å². The maximum Gasteiger partial charge on any atom is 0.260 e. The lowest BCUT2D eigenvalue weighted by atomic mass is 10.5. The first-order chi connectivity index (χ1) is 13.0. The largest absolute Gasteiger partial charge is 0.366 e. The van der Waals surface area contributed by atoms with Crippen LogP contribution in [-0.2, 0) is 0 Å². The Morgan fingerprint density at radius 3 is 1.74 bits per heavy atom. The number of aromatic nitrogens is 8. The van der Waals surface area contributed by atoms with Crippen molar-refractivity contribution in [2.45, 2.75) is 0 Å². The predicted octanol–water partition coefficient (Wildman–Crippen LogP) is 2.47. The van der Waals surface area contributed by atoms with Crippen molar-refractivity contribution >= 4 is 55.5 Å². The summed E-state index contributed by atoms with van der Waals surface area (Å²) in [6, 6.07) is 0. The van der Waals surface area contributed by atoms with E-state index < -0.39 is 0 Å². The fourth-order valence-corrected chi connectivity index (χ4v) is 3.38. The van der Waals surface area contributed by atoms with Crippen LogP contribution in [0.4, 0.5) is 16.9 Å². The van der Waals surface area contributed by atoms with E-state index in [4.69, 9.17) is 18.0 Å². The Morgan fingerprint density at radius 1 is 0.778 bits per heavy atom. The van der Waals surface area contributed by atoms with E-state index in [1.165, 1.54) is 35.1 Å². The average molecular weight is 462 g/mol. The highest BCUT2D eigenvalue weighted by Crippen LogP contribution is 2.28. The molecule has 0 radical (unpaired) electrons. The maximum atomic E-state index is 6.78. The number of anilines is 2.